The van der Waals surface area contributed by atoms with E-state index in [1.807, 2.05) is 13.2 Å². The molecule has 3 rings (SSSR count). The van der Waals surface area contributed by atoms with Gasteiger partial charge in [0.05, 0.1) is 0 Å². The number of rotatable bonds is 6. The Hall–Kier alpha value is -1.31. The number of guanidine groups is 1. The quantitative estimate of drug-likeness (QED) is 0.288. The van der Waals surface area contributed by atoms with Gasteiger partial charge in [0.15, 0.2) is 5.96 Å². The molecule has 1 aromatic heterocycles. The standard InChI is InChI=1S/C20H31N5.HI/c1-21-20(23-12-9-17-7-3-2-4-8-17)24-16-18-10-11-22-19(15-18)25-13-5-6-14-25;/h7,10-11,15H,2-6,8-9,12-14,16H2,1H3,(H2,21,23,24);1H. The lowest BCUT2D eigenvalue weighted by Crippen LogP contribution is -2.37. The normalized spacial score (nSPS) is 17.5. The van der Waals surface area contributed by atoms with Crippen molar-refractivity contribution in [1.29, 1.82) is 0 Å². The number of anilines is 1. The fraction of sp³-hybridized carbons (Fsp3) is 0.600. The zero-order valence-corrected chi connectivity index (χ0v) is 18.2. The van der Waals surface area contributed by atoms with Crippen LogP contribution in [0.2, 0.25) is 0 Å². The average Bonchev–Trinajstić information content (AvgIpc) is 3.20. The van der Waals surface area contributed by atoms with E-state index in [9.17, 15) is 0 Å². The van der Waals surface area contributed by atoms with Gasteiger partial charge >= 0.3 is 0 Å². The summed E-state index contributed by atoms with van der Waals surface area (Å²) in [6.45, 7) is 3.97. The zero-order chi connectivity index (χ0) is 17.3. The first-order chi connectivity index (χ1) is 12.3. The first-order valence-corrected chi connectivity index (χ1v) is 9.67. The fourth-order valence-electron chi connectivity index (χ4n) is 3.57. The summed E-state index contributed by atoms with van der Waals surface area (Å²) >= 11 is 0. The molecule has 0 aromatic carbocycles. The molecule has 0 unspecified atom stereocenters. The Morgan fingerprint density at radius 2 is 2.04 bits per heavy atom. The van der Waals surface area contributed by atoms with E-state index in [1.165, 1.54) is 44.1 Å². The summed E-state index contributed by atoms with van der Waals surface area (Å²) in [4.78, 5) is 11.2. The highest BCUT2D eigenvalue weighted by Crippen LogP contribution is 2.19. The third-order valence-corrected chi connectivity index (χ3v) is 5.05. The molecule has 1 fully saturated rings. The molecule has 2 heterocycles. The number of halogens is 1. The van der Waals surface area contributed by atoms with Crippen molar-refractivity contribution in [3.63, 3.8) is 0 Å². The Morgan fingerprint density at radius 3 is 2.77 bits per heavy atom. The Labute approximate surface area is 174 Å². The molecule has 6 heteroatoms. The van der Waals surface area contributed by atoms with E-state index >= 15 is 0 Å². The van der Waals surface area contributed by atoms with Gasteiger partial charge < -0.3 is 15.5 Å². The number of hydrogen-bond acceptors (Lipinski definition) is 3. The van der Waals surface area contributed by atoms with Gasteiger partial charge in [0.1, 0.15) is 5.82 Å². The van der Waals surface area contributed by atoms with Crippen LogP contribution in [0.1, 0.15) is 50.5 Å². The molecule has 144 valence electrons. The molecular formula is C20H32IN5. The summed E-state index contributed by atoms with van der Waals surface area (Å²) < 4.78 is 0. The Kier molecular flexibility index (Phi) is 9.22. The lowest BCUT2D eigenvalue weighted by molar-refractivity contribution is 0.665. The van der Waals surface area contributed by atoms with E-state index in [-0.39, 0.29) is 24.0 Å². The minimum absolute atomic E-state index is 0. The van der Waals surface area contributed by atoms with Crippen molar-refractivity contribution in [2.24, 2.45) is 4.99 Å². The molecule has 5 nitrogen and oxygen atoms in total. The van der Waals surface area contributed by atoms with Crippen LogP contribution in [0.4, 0.5) is 5.82 Å². The van der Waals surface area contributed by atoms with E-state index in [0.29, 0.717) is 0 Å². The van der Waals surface area contributed by atoms with Gasteiger partial charge in [0, 0.05) is 39.4 Å². The molecule has 0 saturated carbocycles. The minimum Gasteiger partial charge on any atom is -0.357 e. The van der Waals surface area contributed by atoms with Gasteiger partial charge in [-0.15, -0.1) is 24.0 Å². The number of nitrogens with one attached hydrogen (secondary N) is 2. The van der Waals surface area contributed by atoms with Crippen LogP contribution in [-0.4, -0.2) is 37.6 Å². The second-order valence-electron chi connectivity index (χ2n) is 6.93. The van der Waals surface area contributed by atoms with Crippen LogP contribution in [0, 0.1) is 0 Å². The molecule has 0 amide bonds. The summed E-state index contributed by atoms with van der Waals surface area (Å²) in [5, 5.41) is 6.84. The number of pyridine rings is 1. The number of allylic oxidation sites excluding steroid dienone is 1. The van der Waals surface area contributed by atoms with Crippen molar-refractivity contribution in [2.45, 2.75) is 51.5 Å². The molecule has 2 aliphatic rings. The topological polar surface area (TPSA) is 52.6 Å². The van der Waals surface area contributed by atoms with Crippen molar-refractivity contribution in [1.82, 2.24) is 15.6 Å². The lowest BCUT2D eigenvalue weighted by Gasteiger charge is -2.18. The SMILES string of the molecule is CN=C(NCCC1=CCCCC1)NCc1ccnc(N2CCCC2)c1.I. The molecule has 1 aromatic rings. The molecule has 0 spiro atoms. The molecule has 26 heavy (non-hydrogen) atoms. The smallest absolute Gasteiger partial charge is 0.191 e. The number of aromatic nitrogens is 1. The molecule has 2 N–H and O–H groups in total. The van der Waals surface area contributed by atoms with Gasteiger partial charge in [-0.05, 0) is 62.6 Å². The second-order valence-corrected chi connectivity index (χ2v) is 6.93. The van der Waals surface area contributed by atoms with Crippen molar-refractivity contribution < 1.29 is 0 Å². The molecule has 0 atom stereocenters. The van der Waals surface area contributed by atoms with Crippen LogP contribution in [-0.2, 0) is 6.54 Å². The van der Waals surface area contributed by atoms with Gasteiger partial charge in [0.2, 0.25) is 0 Å². The average molecular weight is 469 g/mol. The lowest BCUT2D eigenvalue weighted by atomic mass is 9.97. The van der Waals surface area contributed by atoms with E-state index in [4.69, 9.17) is 0 Å². The fourth-order valence-corrected chi connectivity index (χ4v) is 3.57. The van der Waals surface area contributed by atoms with Gasteiger partial charge in [-0.3, -0.25) is 4.99 Å². The monoisotopic (exact) mass is 469 g/mol. The van der Waals surface area contributed by atoms with Crippen LogP contribution in [0.25, 0.3) is 0 Å². The molecule has 1 aliphatic carbocycles. The summed E-state index contributed by atoms with van der Waals surface area (Å²) in [5.41, 5.74) is 2.84. The molecule has 1 aliphatic heterocycles. The van der Waals surface area contributed by atoms with Crippen molar-refractivity contribution in [2.75, 3.05) is 31.6 Å². The maximum atomic E-state index is 4.52. The summed E-state index contributed by atoms with van der Waals surface area (Å²) in [6.07, 6.45) is 13.2. The van der Waals surface area contributed by atoms with E-state index < -0.39 is 0 Å². The number of nitrogens with zero attached hydrogens (tertiary/aromatic N) is 3. The van der Waals surface area contributed by atoms with E-state index in [1.54, 1.807) is 5.57 Å². The van der Waals surface area contributed by atoms with Crippen molar-refractivity contribution in [3.8, 4) is 0 Å². The maximum absolute atomic E-state index is 4.52. The first-order valence-electron chi connectivity index (χ1n) is 9.67. The Morgan fingerprint density at radius 1 is 1.19 bits per heavy atom. The number of aliphatic imine (C=N–C) groups is 1. The van der Waals surface area contributed by atoms with Crippen LogP contribution >= 0.6 is 24.0 Å². The van der Waals surface area contributed by atoms with Gasteiger partial charge in [0.25, 0.3) is 0 Å². The zero-order valence-electron chi connectivity index (χ0n) is 15.8. The van der Waals surface area contributed by atoms with Gasteiger partial charge in [-0.1, -0.05) is 11.6 Å². The Balaban J connectivity index is 0.00000243. The van der Waals surface area contributed by atoms with Crippen molar-refractivity contribution in [3.05, 3.63) is 35.5 Å². The third kappa shape index (κ3) is 6.45. The van der Waals surface area contributed by atoms with E-state index in [2.05, 4.69) is 43.7 Å². The predicted molar refractivity (Wildman–Crippen MR) is 120 cm³/mol. The Bertz CT molecular complexity index is 608. The maximum Gasteiger partial charge on any atom is 0.191 e. The highest BCUT2D eigenvalue weighted by molar-refractivity contribution is 14.0. The van der Waals surface area contributed by atoms with Gasteiger partial charge in [-0.2, -0.15) is 0 Å². The molecular weight excluding hydrogens is 437 g/mol. The highest BCUT2D eigenvalue weighted by atomic mass is 127. The molecule has 1 saturated heterocycles. The van der Waals surface area contributed by atoms with Crippen LogP contribution in [0.5, 0.6) is 0 Å². The first kappa shape index (κ1) is 21.0. The summed E-state index contributed by atoms with van der Waals surface area (Å²) in [6, 6.07) is 4.27. The van der Waals surface area contributed by atoms with Gasteiger partial charge in [-0.25, -0.2) is 4.98 Å². The molecule has 0 bridgehead atoms. The predicted octanol–water partition coefficient (Wildman–Crippen LogP) is 3.86. The highest BCUT2D eigenvalue weighted by Gasteiger charge is 2.13. The largest absolute Gasteiger partial charge is 0.357 e. The number of hydrogen-bond donors (Lipinski definition) is 2. The second kappa shape index (κ2) is 11.4. The summed E-state index contributed by atoms with van der Waals surface area (Å²) in [5.74, 6) is 1.97. The van der Waals surface area contributed by atoms with E-state index in [0.717, 1.165) is 44.4 Å². The minimum atomic E-state index is 0. The van der Waals surface area contributed by atoms with Crippen LogP contribution in [0.15, 0.2) is 35.0 Å². The van der Waals surface area contributed by atoms with Crippen molar-refractivity contribution >= 4 is 35.8 Å². The van der Waals surface area contributed by atoms with Crippen LogP contribution < -0.4 is 15.5 Å². The third-order valence-electron chi connectivity index (χ3n) is 5.05. The molecule has 0 radical (unpaired) electrons. The summed E-state index contributed by atoms with van der Waals surface area (Å²) in [7, 11) is 1.83. The van der Waals surface area contributed by atoms with Crippen LogP contribution in [0.3, 0.4) is 0 Å².